The van der Waals surface area contributed by atoms with Crippen LogP contribution in [0.5, 0.6) is 0 Å². The van der Waals surface area contributed by atoms with Gasteiger partial charge in [0.1, 0.15) is 6.04 Å². The Kier molecular flexibility index (Phi) is 12.4. The van der Waals surface area contributed by atoms with E-state index in [0.29, 0.717) is 12.8 Å². The quantitative estimate of drug-likeness (QED) is 0.200. The van der Waals surface area contributed by atoms with Gasteiger partial charge in [0.15, 0.2) is 0 Å². The number of carboxylic acids is 2. The summed E-state index contributed by atoms with van der Waals surface area (Å²) in [4.78, 5) is 45.9. The molecule has 0 spiro atoms. The molecule has 0 aliphatic heterocycles. The van der Waals surface area contributed by atoms with Crippen LogP contribution in [0, 0.1) is 6.92 Å². The van der Waals surface area contributed by atoms with Crippen molar-refractivity contribution in [1.29, 1.82) is 0 Å². The van der Waals surface area contributed by atoms with Crippen molar-refractivity contribution in [2.24, 2.45) is 0 Å². The molecule has 0 bridgehead atoms. The summed E-state index contributed by atoms with van der Waals surface area (Å²) >= 11 is 0. The van der Waals surface area contributed by atoms with Crippen molar-refractivity contribution in [2.75, 3.05) is 13.7 Å². The smallest absolute Gasteiger partial charge is 0.328 e. The third kappa shape index (κ3) is 11.9. The molecule has 2 amide bonds. The van der Waals surface area contributed by atoms with Crippen LogP contribution in [0.15, 0.2) is 24.3 Å². The van der Waals surface area contributed by atoms with Crippen LogP contribution in [-0.2, 0) is 25.7 Å². The van der Waals surface area contributed by atoms with Gasteiger partial charge in [0.25, 0.3) is 0 Å². The molecule has 0 heterocycles. The number of nitrogens with one attached hydrogen (secondary N) is 3. The van der Waals surface area contributed by atoms with Crippen LogP contribution < -0.4 is 16.0 Å². The molecule has 2 atom stereocenters. The lowest BCUT2D eigenvalue weighted by molar-refractivity contribution is -0.144. The van der Waals surface area contributed by atoms with E-state index in [0.717, 1.165) is 26.6 Å². The number of amides is 2. The predicted octanol–water partition coefficient (Wildman–Crippen LogP) is 1.80. The van der Waals surface area contributed by atoms with Crippen molar-refractivity contribution in [3.05, 3.63) is 35.4 Å². The van der Waals surface area contributed by atoms with E-state index >= 15 is 0 Å². The van der Waals surface area contributed by atoms with Crippen molar-refractivity contribution in [3.8, 4) is 0 Å². The third-order valence-corrected chi connectivity index (χ3v) is 4.80. The van der Waals surface area contributed by atoms with E-state index in [1.165, 1.54) is 11.1 Å². The molecule has 1 aromatic carbocycles. The Hall–Kier alpha value is -3.14. The number of esters is 1. The van der Waals surface area contributed by atoms with Crippen LogP contribution in [0.25, 0.3) is 0 Å². The van der Waals surface area contributed by atoms with E-state index < -0.39 is 36.0 Å². The Morgan fingerprint density at radius 2 is 1.66 bits per heavy atom. The van der Waals surface area contributed by atoms with Crippen LogP contribution >= 0.6 is 0 Å². The number of carbonyl (C=O) groups excluding carboxylic acids is 2. The van der Waals surface area contributed by atoms with Gasteiger partial charge >= 0.3 is 23.9 Å². The number of benzene rings is 1. The van der Waals surface area contributed by atoms with Gasteiger partial charge in [-0.1, -0.05) is 36.2 Å². The van der Waals surface area contributed by atoms with Gasteiger partial charge < -0.3 is 30.9 Å². The molecule has 1 aromatic rings. The number of methoxy groups -OCH3 is 1. The second kappa shape index (κ2) is 14.8. The first-order chi connectivity index (χ1) is 15.2. The first kappa shape index (κ1) is 26.9. The molecule has 32 heavy (non-hydrogen) atoms. The van der Waals surface area contributed by atoms with Crippen molar-refractivity contribution >= 4 is 23.9 Å². The average molecular weight is 452 g/mol. The first-order valence-corrected chi connectivity index (χ1v) is 10.6. The zero-order valence-electron chi connectivity index (χ0n) is 18.6. The van der Waals surface area contributed by atoms with E-state index in [4.69, 9.17) is 10.2 Å². The van der Waals surface area contributed by atoms with Crippen molar-refractivity contribution in [1.82, 2.24) is 16.0 Å². The molecule has 0 aliphatic carbocycles. The summed E-state index contributed by atoms with van der Waals surface area (Å²) in [6, 6.07) is 5.73. The maximum absolute atomic E-state index is 12.2. The monoisotopic (exact) mass is 451 g/mol. The Labute approximate surface area is 187 Å². The summed E-state index contributed by atoms with van der Waals surface area (Å²) in [5.74, 6) is -2.93. The molecule has 0 unspecified atom stereocenters. The van der Waals surface area contributed by atoms with Crippen LogP contribution in [-0.4, -0.2) is 59.9 Å². The lowest BCUT2D eigenvalue weighted by Crippen LogP contribution is -2.49. The molecule has 0 saturated carbocycles. The number of rotatable bonds is 15. The number of urea groups is 1. The SMILES string of the molecule is COC(=O)[C@H](CCC(=O)O)NC(=O)N[C@@H](CCCCNCc1ccc(C)cc1)CC(=O)O. The highest BCUT2D eigenvalue weighted by Gasteiger charge is 2.24. The lowest BCUT2D eigenvalue weighted by Gasteiger charge is -2.20. The zero-order valence-corrected chi connectivity index (χ0v) is 18.6. The first-order valence-electron chi connectivity index (χ1n) is 10.6. The fourth-order valence-corrected chi connectivity index (χ4v) is 3.06. The summed E-state index contributed by atoms with van der Waals surface area (Å²) in [5, 5.41) is 26.1. The van der Waals surface area contributed by atoms with Crippen LogP contribution in [0.3, 0.4) is 0 Å². The number of carboxylic acid groups (broad SMARTS) is 2. The minimum Gasteiger partial charge on any atom is -0.481 e. The molecule has 0 aliphatic rings. The topological polar surface area (TPSA) is 154 Å². The van der Waals surface area contributed by atoms with Gasteiger partial charge in [-0.3, -0.25) is 9.59 Å². The number of hydrogen-bond acceptors (Lipinski definition) is 6. The number of unbranched alkanes of at least 4 members (excludes halogenated alkanes) is 1. The van der Waals surface area contributed by atoms with Gasteiger partial charge in [0, 0.05) is 19.0 Å². The van der Waals surface area contributed by atoms with Gasteiger partial charge in [-0.15, -0.1) is 0 Å². The normalized spacial score (nSPS) is 12.4. The number of aryl methyl sites for hydroxylation is 1. The molecule has 10 nitrogen and oxygen atoms in total. The summed E-state index contributed by atoms with van der Waals surface area (Å²) in [6.45, 7) is 3.52. The summed E-state index contributed by atoms with van der Waals surface area (Å²) in [7, 11) is 1.13. The molecule has 1 rings (SSSR count). The molecule has 0 radical (unpaired) electrons. The molecule has 0 saturated heterocycles. The van der Waals surface area contributed by atoms with E-state index in [9.17, 15) is 19.2 Å². The molecule has 0 aromatic heterocycles. The standard InChI is InChI=1S/C22H33N3O7/c1-15-6-8-16(9-7-15)14-23-12-4-3-5-17(13-20(28)29)24-22(31)25-18(21(30)32-2)10-11-19(26)27/h6-9,17-18,23H,3-5,10-14H2,1-2H3,(H,26,27)(H,28,29)(H2,24,25,31)/t17-,18-/m0/s1. The molecule has 0 fully saturated rings. The highest BCUT2D eigenvalue weighted by atomic mass is 16.5. The molecule has 5 N–H and O–H groups in total. The average Bonchev–Trinajstić information content (AvgIpc) is 2.73. The lowest BCUT2D eigenvalue weighted by atomic mass is 10.1. The molecule has 178 valence electrons. The number of hydrogen-bond donors (Lipinski definition) is 5. The Morgan fingerprint density at radius 1 is 0.969 bits per heavy atom. The second-order valence-corrected chi connectivity index (χ2v) is 7.58. The van der Waals surface area contributed by atoms with E-state index in [2.05, 4.69) is 45.0 Å². The van der Waals surface area contributed by atoms with E-state index in [1.807, 2.05) is 6.92 Å². The van der Waals surface area contributed by atoms with Crippen LogP contribution in [0.2, 0.25) is 0 Å². The van der Waals surface area contributed by atoms with Crippen LogP contribution in [0.4, 0.5) is 4.79 Å². The Balaban J connectivity index is 2.43. The van der Waals surface area contributed by atoms with Crippen molar-refractivity contribution in [2.45, 2.75) is 64.1 Å². The second-order valence-electron chi connectivity index (χ2n) is 7.58. The van der Waals surface area contributed by atoms with Gasteiger partial charge in [-0.05, 0) is 38.3 Å². The molecular weight excluding hydrogens is 418 g/mol. The Bertz CT molecular complexity index is 752. The Morgan fingerprint density at radius 3 is 2.25 bits per heavy atom. The fraction of sp³-hybridized carbons (Fsp3) is 0.545. The number of aliphatic carboxylic acids is 2. The van der Waals surface area contributed by atoms with Crippen molar-refractivity contribution in [3.63, 3.8) is 0 Å². The van der Waals surface area contributed by atoms with Gasteiger partial charge in [-0.2, -0.15) is 0 Å². The third-order valence-electron chi connectivity index (χ3n) is 4.80. The molecule has 10 heteroatoms. The molecular formula is C22H33N3O7. The van der Waals surface area contributed by atoms with E-state index in [1.54, 1.807) is 0 Å². The maximum Gasteiger partial charge on any atom is 0.328 e. The van der Waals surface area contributed by atoms with Gasteiger partial charge in [0.2, 0.25) is 0 Å². The number of carbonyl (C=O) groups is 4. The van der Waals surface area contributed by atoms with E-state index in [-0.39, 0.29) is 19.3 Å². The maximum atomic E-state index is 12.2. The van der Waals surface area contributed by atoms with Crippen molar-refractivity contribution < 1.29 is 34.1 Å². The summed E-state index contributed by atoms with van der Waals surface area (Å²) < 4.78 is 4.58. The highest BCUT2D eigenvalue weighted by Crippen LogP contribution is 2.07. The fourth-order valence-electron chi connectivity index (χ4n) is 3.06. The minimum absolute atomic E-state index is 0.133. The predicted molar refractivity (Wildman–Crippen MR) is 117 cm³/mol. The summed E-state index contributed by atoms with van der Waals surface area (Å²) in [6.07, 6.45) is 1.22. The minimum atomic E-state index is -1.13. The van der Waals surface area contributed by atoms with Crippen LogP contribution in [0.1, 0.15) is 49.7 Å². The largest absolute Gasteiger partial charge is 0.481 e. The zero-order chi connectivity index (χ0) is 23.9. The highest BCUT2D eigenvalue weighted by molar-refractivity contribution is 5.84. The van der Waals surface area contributed by atoms with Gasteiger partial charge in [0.05, 0.1) is 13.5 Å². The van der Waals surface area contributed by atoms with Gasteiger partial charge in [-0.25, -0.2) is 9.59 Å². The summed E-state index contributed by atoms with van der Waals surface area (Å²) in [5.41, 5.74) is 2.38. The number of ether oxygens (including phenoxy) is 1.